The molecule has 1 aliphatic rings. The van der Waals surface area contributed by atoms with Crippen LogP contribution in [0.25, 0.3) is 6.08 Å². The van der Waals surface area contributed by atoms with Crippen LogP contribution in [0.1, 0.15) is 11.1 Å². The summed E-state index contributed by atoms with van der Waals surface area (Å²) in [5.74, 6) is -1.56. The van der Waals surface area contributed by atoms with Crippen molar-refractivity contribution in [3.63, 3.8) is 0 Å². The molecule has 1 atom stereocenters. The van der Waals surface area contributed by atoms with Gasteiger partial charge in [-0.3, -0.25) is 4.79 Å². The van der Waals surface area contributed by atoms with E-state index in [4.69, 9.17) is 18.9 Å². The van der Waals surface area contributed by atoms with Gasteiger partial charge in [0.2, 0.25) is 5.91 Å². The van der Waals surface area contributed by atoms with Gasteiger partial charge in [-0.15, -0.1) is 15.0 Å². The van der Waals surface area contributed by atoms with Gasteiger partial charge in [0, 0.05) is 12.6 Å². The number of nitrogens with zero attached hydrogens (tertiary/aromatic N) is 4. The van der Waals surface area contributed by atoms with Crippen LogP contribution in [0.5, 0.6) is 18.0 Å². The Balaban J connectivity index is 1.63. The molecule has 0 spiro atoms. The monoisotopic (exact) mass is 524 g/mol. The number of carbonyl (C=O) groups is 1. The van der Waals surface area contributed by atoms with Crippen LogP contribution in [0.4, 0.5) is 17.6 Å². The summed E-state index contributed by atoms with van der Waals surface area (Å²) in [6.45, 7) is 7.83. The van der Waals surface area contributed by atoms with E-state index in [0.717, 1.165) is 24.3 Å². The number of hydrogen-bond acceptors (Lipinski definition) is 8. The maximum atomic E-state index is 13.3. The Morgan fingerprint density at radius 3 is 2.30 bits per heavy atom. The number of halogens is 4. The lowest BCUT2D eigenvalue weighted by Crippen LogP contribution is -2.47. The molecule has 37 heavy (non-hydrogen) atoms. The number of morpholine rings is 1. The molecule has 1 saturated heterocycles. The number of ether oxygens (including phenoxy) is 4. The minimum atomic E-state index is -4.77. The van der Waals surface area contributed by atoms with Crippen LogP contribution in [0, 0.1) is 5.82 Å². The summed E-state index contributed by atoms with van der Waals surface area (Å²) in [5, 5.41) is 0. The Kier molecular flexibility index (Phi) is 9.55. The van der Waals surface area contributed by atoms with Crippen LogP contribution in [0.15, 0.2) is 49.6 Å². The third kappa shape index (κ3) is 8.27. The van der Waals surface area contributed by atoms with E-state index in [2.05, 4.69) is 28.1 Å². The molecule has 13 heteroatoms. The van der Waals surface area contributed by atoms with Gasteiger partial charge in [0.15, 0.2) is 0 Å². The normalized spacial score (nSPS) is 15.9. The molecule has 9 nitrogen and oxygen atoms in total. The van der Waals surface area contributed by atoms with Crippen LogP contribution in [-0.2, 0) is 15.7 Å². The Hall–Kier alpha value is -4.00. The maximum absolute atomic E-state index is 13.3. The van der Waals surface area contributed by atoms with E-state index in [1.54, 1.807) is 0 Å². The fourth-order valence-corrected chi connectivity index (χ4v) is 3.15. The molecule has 1 aromatic carbocycles. The van der Waals surface area contributed by atoms with E-state index in [9.17, 15) is 22.4 Å². The average Bonchev–Trinajstić information content (AvgIpc) is 2.88. The highest BCUT2D eigenvalue weighted by Gasteiger charge is 2.33. The van der Waals surface area contributed by atoms with E-state index >= 15 is 0 Å². The lowest BCUT2D eigenvalue weighted by molar-refractivity contribution is -0.138. The van der Waals surface area contributed by atoms with Crippen molar-refractivity contribution in [3.8, 4) is 18.0 Å². The second kappa shape index (κ2) is 12.8. The summed E-state index contributed by atoms with van der Waals surface area (Å²) < 4.78 is 74.7. The molecular weight excluding hydrogens is 500 g/mol. The van der Waals surface area contributed by atoms with E-state index in [-0.39, 0.29) is 63.1 Å². The van der Waals surface area contributed by atoms with E-state index < -0.39 is 29.6 Å². The number of carbonyl (C=O) groups excluding carboxylic acids is 1. The SMILES string of the molecule is C=CCOc1nc(OCC=C)nc(OCC2CN(C(=O)C=Cc3ccc(F)cc3C(F)(F)F)CCO2)n1. The fourth-order valence-electron chi connectivity index (χ4n) is 3.15. The largest absolute Gasteiger partial charge is 0.460 e. The first-order chi connectivity index (χ1) is 17.7. The van der Waals surface area contributed by atoms with Gasteiger partial charge in [0.1, 0.15) is 31.7 Å². The van der Waals surface area contributed by atoms with Crippen LogP contribution >= 0.6 is 0 Å². The van der Waals surface area contributed by atoms with E-state index in [1.807, 2.05) is 0 Å². The molecule has 1 unspecified atom stereocenters. The number of hydrogen-bond donors (Lipinski definition) is 0. The van der Waals surface area contributed by atoms with Gasteiger partial charge in [0.25, 0.3) is 0 Å². The van der Waals surface area contributed by atoms with Gasteiger partial charge in [-0.05, 0) is 23.8 Å². The lowest BCUT2D eigenvalue weighted by Gasteiger charge is -2.32. The van der Waals surface area contributed by atoms with Crippen molar-refractivity contribution < 1.29 is 41.3 Å². The highest BCUT2D eigenvalue weighted by molar-refractivity contribution is 5.92. The third-order valence-corrected chi connectivity index (χ3v) is 4.81. The van der Waals surface area contributed by atoms with E-state index in [1.165, 1.54) is 17.1 Å². The van der Waals surface area contributed by atoms with Gasteiger partial charge in [-0.25, -0.2) is 4.39 Å². The van der Waals surface area contributed by atoms with E-state index in [0.29, 0.717) is 6.07 Å². The Labute approximate surface area is 210 Å². The Morgan fingerprint density at radius 1 is 1.08 bits per heavy atom. The molecule has 198 valence electrons. The first-order valence-corrected chi connectivity index (χ1v) is 11.0. The molecule has 1 aromatic heterocycles. The summed E-state index contributed by atoms with van der Waals surface area (Å²) in [6, 6.07) is 2.05. The summed E-state index contributed by atoms with van der Waals surface area (Å²) in [7, 11) is 0. The molecule has 0 radical (unpaired) electrons. The van der Waals surface area contributed by atoms with Crippen molar-refractivity contribution >= 4 is 12.0 Å². The number of amides is 1. The van der Waals surface area contributed by atoms with Gasteiger partial charge >= 0.3 is 24.2 Å². The minimum Gasteiger partial charge on any atom is -0.460 e. The fraction of sp³-hybridized carbons (Fsp3) is 0.333. The van der Waals surface area contributed by atoms with Crippen molar-refractivity contribution in [1.82, 2.24) is 19.9 Å². The molecular formula is C24H24F4N4O5. The Morgan fingerprint density at radius 2 is 1.70 bits per heavy atom. The zero-order valence-electron chi connectivity index (χ0n) is 19.6. The molecule has 3 rings (SSSR count). The second-order valence-electron chi connectivity index (χ2n) is 7.53. The summed E-state index contributed by atoms with van der Waals surface area (Å²) in [6.07, 6.45) is -0.325. The molecule has 2 aromatic rings. The summed E-state index contributed by atoms with van der Waals surface area (Å²) in [4.78, 5) is 26.1. The Bertz CT molecular complexity index is 1110. The first kappa shape index (κ1) is 27.6. The zero-order chi connectivity index (χ0) is 26.8. The predicted molar refractivity (Wildman–Crippen MR) is 123 cm³/mol. The first-order valence-electron chi connectivity index (χ1n) is 11.0. The second-order valence-corrected chi connectivity index (χ2v) is 7.53. The highest BCUT2D eigenvalue weighted by atomic mass is 19.4. The maximum Gasteiger partial charge on any atom is 0.417 e. The van der Waals surface area contributed by atoms with Gasteiger partial charge in [-0.1, -0.05) is 31.4 Å². The summed E-state index contributed by atoms with van der Waals surface area (Å²) >= 11 is 0. The van der Waals surface area contributed by atoms with Crippen molar-refractivity contribution in [1.29, 1.82) is 0 Å². The van der Waals surface area contributed by atoms with Crippen LogP contribution in [0.2, 0.25) is 0 Å². The molecule has 0 bridgehead atoms. The standard InChI is InChI=1S/C24H24F4N4O5/c1-3-10-35-21-29-22(36-11-4-2)31-23(30-21)37-15-18-14-32(9-12-34-18)20(33)8-6-16-5-7-17(25)13-19(16)24(26,27)28/h3-8,13,18H,1-2,9-12,14-15H2. The van der Waals surface area contributed by atoms with Gasteiger partial charge in [-0.2, -0.15) is 13.2 Å². The lowest BCUT2D eigenvalue weighted by atomic mass is 10.1. The van der Waals surface area contributed by atoms with Gasteiger partial charge < -0.3 is 23.8 Å². The number of aromatic nitrogens is 3. The molecule has 1 aliphatic heterocycles. The quantitative estimate of drug-likeness (QED) is 0.251. The minimum absolute atomic E-state index is 0.0461. The van der Waals surface area contributed by atoms with Crippen molar-refractivity contribution in [2.75, 3.05) is 39.5 Å². The molecule has 2 heterocycles. The molecule has 0 saturated carbocycles. The van der Waals surface area contributed by atoms with Crippen LogP contribution in [0.3, 0.4) is 0 Å². The van der Waals surface area contributed by atoms with Crippen molar-refractivity contribution in [2.45, 2.75) is 12.3 Å². The zero-order valence-corrected chi connectivity index (χ0v) is 19.6. The average molecular weight is 524 g/mol. The van der Waals surface area contributed by atoms with Crippen molar-refractivity contribution in [2.24, 2.45) is 0 Å². The third-order valence-electron chi connectivity index (χ3n) is 4.81. The van der Waals surface area contributed by atoms with Gasteiger partial charge in [0.05, 0.1) is 18.7 Å². The summed E-state index contributed by atoms with van der Waals surface area (Å²) in [5.41, 5.74) is -1.50. The molecule has 0 N–H and O–H groups in total. The smallest absolute Gasteiger partial charge is 0.417 e. The highest BCUT2D eigenvalue weighted by Crippen LogP contribution is 2.33. The molecule has 1 amide bonds. The number of rotatable bonds is 11. The number of alkyl halides is 3. The predicted octanol–water partition coefficient (Wildman–Crippen LogP) is 3.48. The molecule has 0 aliphatic carbocycles. The van der Waals surface area contributed by atoms with Crippen molar-refractivity contribution in [3.05, 3.63) is 66.5 Å². The topological polar surface area (TPSA) is 95.9 Å². The molecule has 1 fully saturated rings. The van der Waals surface area contributed by atoms with Crippen LogP contribution < -0.4 is 14.2 Å². The van der Waals surface area contributed by atoms with Crippen LogP contribution in [-0.4, -0.2) is 71.4 Å². The number of benzene rings is 1.